The molecule has 2 N–H and O–H groups in total. The van der Waals surface area contributed by atoms with Gasteiger partial charge in [0.25, 0.3) is 0 Å². The van der Waals surface area contributed by atoms with E-state index >= 15 is 0 Å². The number of rotatable bonds is 3. The minimum absolute atomic E-state index is 0.209. The van der Waals surface area contributed by atoms with Gasteiger partial charge in [0.15, 0.2) is 0 Å². The van der Waals surface area contributed by atoms with Crippen LogP contribution in [-0.2, 0) is 17.6 Å². The molecular weight excluding hydrogens is 212 g/mol. The van der Waals surface area contributed by atoms with E-state index in [1.54, 1.807) is 4.90 Å². The highest BCUT2D eigenvalue weighted by Crippen LogP contribution is 2.28. The zero-order valence-corrected chi connectivity index (χ0v) is 10.6. The van der Waals surface area contributed by atoms with Gasteiger partial charge in [0.05, 0.1) is 0 Å². The molecule has 0 aromatic heterocycles. The Kier molecular flexibility index (Phi) is 3.48. The largest absolute Gasteiger partial charge is 0.330 e. The van der Waals surface area contributed by atoms with Crippen molar-refractivity contribution in [1.29, 1.82) is 0 Å². The van der Waals surface area contributed by atoms with Crippen LogP contribution in [0.2, 0.25) is 0 Å². The summed E-state index contributed by atoms with van der Waals surface area (Å²) < 4.78 is 0. The Morgan fingerprint density at radius 1 is 1.41 bits per heavy atom. The maximum Gasteiger partial charge on any atom is 0.227 e. The number of carbonyl (C=O) groups is 1. The monoisotopic (exact) mass is 232 g/mol. The van der Waals surface area contributed by atoms with Gasteiger partial charge in [-0.1, -0.05) is 19.1 Å². The predicted octanol–water partition coefficient (Wildman–Crippen LogP) is 1.73. The summed E-state index contributed by atoms with van der Waals surface area (Å²) in [5.41, 5.74) is 9.32. The Morgan fingerprint density at radius 3 is 2.88 bits per heavy atom. The predicted molar refractivity (Wildman–Crippen MR) is 70.1 cm³/mol. The van der Waals surface area contributed by atoms with Gasteiger partial charge in [-0.2, -0.15) is 0 Å². The van der Waals surface area contributed by atoms with Crippen LogP contribution in [0.1, 0.15) is 24.5 Å². The summed E-state index contributed by atoms with van der Waals surface area (Å²) in [6, 6.07) is 6.40. The van der Waals surface area contributed by atoms with Crippen molar-refractivity contribution in [2.24, 2.45) is 11.7 Å². The first-order chi connectivity index (χ1) is 8.11. The van der Waals surface area contributed by atoms with Gasteiger partial charge in [-0.05, 0) is 42.5 Å². The van der Waals surface area contributed by atoms with E-state index in [0.29, 0.717) is 12.3 Å². The molecule has 1 atom stereocenters. The average molecular weight is 232 g/mol. The molecule has 0 saturated carbocycles. The topological polar surface area (TPSA) is 46.3 Å². The van der Waals surface area contributed by atoms with E-state index < -0.39 is 0 Å². The van der Waals surface area contributed by atoms with E-state index in [2.05, 4.69) is 25.1 Å². The van der Waals surface area contributed by atoms with Gasteiger partial charge in [-0.3, -0.25) is 4.79 Å². The van der Waals surface area contributed by atoms with Crippen LogP contribution in [0.15, 0.2) is 18.2 Å². The molecule has 0 fully saturated rings. The second-order valence-electron chi connectivity index (χ2n) is 4.96. The van der Waals surface area contributed by atoms with Crippen molar-refractivity contribution in [2.45, 2.75) is 26.2 Å². The Morgan fingerprint density at radius 2 is 2.18 bits per heavy atom. The lowest BCUT2D eigenvalue weighted by Gasteiger charge is -2.26. The molecule has 0 aliphatic carbocycles. The fourth-order valence-corrected chi connectivity index (χ4v) is 2.32. The van der Waals surface area contributed by atoms with Crippen LogP contribution in [0.3, 0.4) is 0 Å². The van der Waals surface area contributed by atoms with Crippen molar-refractivity contribution in [3.8, 4) is 0 Å². The molecule has 1 aliphatic heterocycles. The van der Waals surface area contributed by atoms with Crippen LogP contribution in [-0.4, -0.2) is 19.5 Å². The van der Waals surface area contributed by atoms with Crippen LogP contribution in [0, 0.1) is 5.92 Å². The van der Waals surface area contributed by atoms with Crippen LogP contribution < -0.4 is 10.6 Å². The molecule has 1 aliphatic rings. The molecule has 0 radical (unpaired) electrons. The first kappa shape index (κ1) is 12.1. The quantitative estimate of drug-likeness (QED) is 0.862. The standard InChI is InChI=1S/C14H20N2O/c1-10(9-15)7-11-3-5-13-12(8-11)4-6-14(17)16(13)2/h3,5,8,10H,4,6-7,9,15H2,1-2H3. The van der Waals surface area contributed by atoms with E-state index in [4.69, 9.17) is 5.73 Å². The third-order valence-corrected chi connectivity index (χ3v) is 3.47. The lowest BCUT2D eigenvalue weighted by Crippen LogP contribution is -2.31. The Hall–Kier alpha value is -1.35. The van der Waals surface area contributed by atoms with Gasteiger partial charge in [-0.15, -0.1) is 0 Å². The van der Waals surface area contributed by atoms with E-state index in [1.807, 2.05) is 7.05 Å². The molecule has 1 heterocycles. The highest BCUT2D eigenvalue weighted by atomic mass is 16.2. The maximum absolute atomic E-state index is 11.6. The van der Waals surface area contributed by atoms with Gasteiger partial charge in [-0.25, -0.2) is 0 Å². The summed E-state index contributed by atoms with van der Waals surface area (Å²) in [5, 5.41) is 0. The van der Waals surface area contributed by atoms with Crippen molar-refractivity contribution >= 4 is 11.6 Å². The molecule has 1 aromatic rings. The lowest BCUT2D eigenvalue weighted by atomic mass is 9.95. The summed E-state index contributed by atoms with van der Waals surface area (Å²) in [5.74, 6) is 0.719. The number of nitrogens with two attached hydrogens (primary N) is 1. The smallest absolute Gasteiger partial charge is 0.227 e. The van der Waals surface area contributed by atoms with E-state index in [-0.39, 0.29) is 5.91 Å². The second-order valence-corrected chi connectivity index (χ2v) is 4.96. The number of aryl methyl sites for hydroxylation is 1. The number of hydrogen-bond acceptors (Lipinski definition) is 2. The molecule has 1 amide bonds. The number of nitrogens with zero attached hydrogens (tertiary/aromatic N) is 1. The molecule has 92 valence electrons. The maximum atomic E-state index is 11.6. The second kappa shape index (κ2) is 4.88. The number of amides is 1. The van der Waals surface area contributed by atoms with Gasteiger partial charge in [0.1, 0.15) is 0 Å². The molecule has 1 aromatic carbocycles. The van der Waals surface area contributed by atoms with Gasteiger partial charge in [0, 0.05) is 19.2 Å². The minimum Gasteiger partial charge on any atom is -0.330 e. The summed E-state index contributed by atoms with van der Waals surface area (Å²) in [6.07, 6.45) is 2.50. The van der Waals surface area contributed by atoms with Gasteiger partial charge < -0.3 is 10.6 Å². The Bertz CT molecular complexity index is 428. The summed E-state index contributed by atoms with van der Waals surface area (Å²) in [7, 11) is 1.85. The minimum atomic E-state index is 0.209. The number of benzene rings is 1. The first-order valence-corrected chi connectivity index (χ1v) is 6.20. The van der Waals surface area contributed by atoms with Crippen molar-refractivity contribution < 1.29 is 4.79 Å². The van der Waals surface area contributed by atoms with Gasteiger partial charge in [0.2, 0.25) is 5.91 Å². The molecule has 1 unspecified atom stereocenters. The molecule has 17 heavy (non-hydrogen) atoms. The van der Waals surface area contributed by atoms with Crippen LogP contribution in [0.25, 0.3) is 0 Å². The SMILES string of the molecule is CC(CN)Cc1ccc2c(c1)CCC(=O)N2C. The molecule has 0 saturated heterocycles. The summed E-state index contributed by atoms with van der Waals surface area (Å²) >= 11 is 0. The number of fused-ring (bicyclic) bond motifs is 1. The van der Waals surface area contributed by atoms with E-state index in [1.165, 1.54) is 11.1 Å². The fraction of sp³-hybridized carbons (Fsp3) is 0.500. The van der Waals surface area contributed by atoms with Crippen LogP contribution in [0.4, 0.5) is 5.69 Å². The molecule has 0 spiro atoms. The molecule has 3 heteroatoms. The van der Waals surface area contributed by atoms with Crippen LogP contribution >= 0.6 is 0 Å². The molecule has 3 nitrogen and oxygen atoms in total. The van der Waals surface area contributed by atoms with Gasteiger partial charge >= 0.3 is 0 Å². The van der Waals surface area contributed by atoms with E-state index in [0.717, 1.165) is 25.1 Å². The summed E-state index contributed by atoms with van der Waals surface area (Å²) in [6.45, 7) is 2.88. The zero-order valence-electron chi connectivity index (χ0n) is 10.6. The first-order valence-electron chi connectivity index (χ1n) is 6.20. The molecule has 2 rings (SSSR count). The van der Waals surface area contributed by atoms with E-state index in [9.17, 15) is 4.79 Å². The summed E-state index contributed by atoms with van der Waals surface area (Å²) in [4.78, 5) is 13.3. The number of hydrogen-bond donors (Lipinski definition) is 1. The number of carbonyl (C=O) groups excluding carboxylic acids is 1. The Labute approximate surface area is 103 Å². The highest BCUT2D eigenvalue weighted by molar-refractivity contribution is 5.95. The van der Waals surface area contributed by atoms with Crippen molar-refractivity contribution in [1.82, 2.24) is 0 Å². The number of anilines is 1. The normalized spacial score (nSPS) is 16.9. The highest BCUT2D eigenvalue weighted by Gasteiger charge is 2.20. The fourth-order valence-electron chi connectivity index (χ4n) is 2.32. The average Bonchev–Trinajstić information content (AvgIpc) is 2.34. The third-order valence-electron chi connectivity index (χ3n) is 3.47. The lowest BCUT2D eigenvalue weighted by molar-refractivity contribution is -0.118. The zero-order chi connectivity index (χ0) is 12.4. The van der Waals surface area contributed by atoms with Crippen molar-refractivity contribution in [3.63, 3.8) is 0 Å². The van der Waals surface area contributed by atoms with Crippen molar-refractivity contribution in [3.05, 3.63) is 29.3 Å². The van der Waals surface area contributed by atoms with Crippen LogP contribution in [0.5, 0.6) is 0 Å². The Balaban J connectivity index is 2.23. The third kappa shape index (κ3) is 2.50. The molecular formula is C14H20N2O. The molecule has 0 bridgehead atoms. The van der Waals surface area contributed by atoms with Crippen molar-refractivity contribution in [2.75, 3.05) is 18.5 Å².